The molecule has 0 saturated heterocycles. The number of nitro benzene ring substituents is 1. The number of phenolic OH excluding ortho intramolecular Hbond substituents is 1. The molecule has 0 bridgehead atoms. The monoisotopic (exact) mass is 427 g/mol. The van der Waals surface area contributed by atoms with E-state index in [0.717, 1.165) is 17.0 Å². The molecular formula is C18H14BrN5O3. The summed E-state index contributed by atoms with van der Waals surface area (Å²) in [5, 5.41) is 24.9. The van der Waals surface area contributed by atoms with Gasteiger partial charge in [0.25, 0.3) is 5.69 Å². The number of hydrogen-bond acceptors (Lipinski definition) is 7. The molecule has 0 aliphatic heterocycles. The lowest BCUT2D eigenvalue weighted by Gasteiger charge is -2.06. The Labute approximate surface area is 162 Å². The van der Waals surface area contributed by atoms with E-state index in [4.69, 9.17) is 0 Å². The predicted molar refractivity (Wildman–Crippen MR) is 106 cm³/mol. The SMILES string of the molecule is Cc1cc(-c2ccccc2)nc(N/N=C/c2cc([N+](=O)[O-])cc(Br)c2O)n1. The van der Waals surface area contributed by atoms with Gasteiger partial charge in [-0.25, -0.2) is 15.4 Å². The molecule has 27 heavy (non-hydrogen) atoms. The van der Waals surface area contributed by atoms with Gasteiger partial charge in [0.1, 0.15) is 5.75 Å². The molecule has 9 heteroatoms. The van der Waals surface area contributed by atoms with E-state index >= 15 is 0 Å². The number of hydrogen-bond donors (Lipinski definition) is 2. The number of aromatic nitrogens is 2. The number of aryl methyl sites for hydroxylation is 1. The third-order valence-corrected chi connectivity index (χ3v) is 4.18. The van der Waals surface area contributed by atoms with Crippen molar-refractivity contribution in [2.45, 2.75) is 6.92 Å². The van der Waals surface area contributed by atoms with Gasteiger partial charge in [-0.05, 0) is 28.9 Å². The zero-order valence-corrected chi connectivity index (χ0v) is 15.7. The molecule has 0 unspecified atom stereocenters. The van der Waals surface area contributed by atoms with E-state index in [9.17, 15) is 15.2 Å². The maximum atomic E-state index is 10.9. The van der Waals surface area contributed by atoms with Crippen LogP contribution in [0.3, 0.4) is 0 Å². The number of rotatable bonds is 5. The number of hydrazone groups is 1. The van der Waals surface area contributed by atoms with Crippen LogP contribution in [-0.2, 0) is 0 Å². The van der Waals surface area contributed by atoms with Crippen LogP contribution in [-0.4, -0.2) is 26.2 Å². The van der Waals surface area contributed by atoms with Crippen molar-refractivity contribution in [2.75, 3.05) is 5.43 Å². The van der Waals surface area contributed by atoms with Gasteiger partial charge in [0.15, 0.2) is 0 Å². The highest BCUT2D eigenvalue weighted by molar-refractivity contribution is 9.10. The molecule has 136 valence electrons. The van der Waals surface area contributed by atoms with Crippen LogP contribution in [0.15, 0.2) is 58.1 Å². The number of halogens is 1. The second-order valence-corrected chi connectivity index (χ2v) is 6.43. The van der Waals surface area contributed by atoms with Crippen molar-refractivity contribution in [3.05, 3.63) is 74.4 Å². The topological polar surface area (TPSA) is 114 Å². The first kappa shape index (κ1) is 18.5. The fourth-order valence-electron chi connectivity index (χ4n) is 2.34. The summed E-state index contributed by atoms with van der Waals surface area (Å²) >= 11 is 3.09. The van der Waals surface area contributed by atoms with Gasteiger partial charge in [-0.1, -0.05) is 30.3 Å². The molecule has 3 rings (SSSR count). The van der Waals surface area contributed by atoms with Gasteiger partial charge in [-0.3, -0.25) is 10.1 Å². The molecule has 0 amide bonds. The third kappa shape index (κ3) is 4.45. The Morgan fingerprint density at radius 3 is 2.67 bits per heavy atom. The Morgan fingerprint density at radius 1 is 1.22 bits per heavy atom. The van der Waals surface area contributed by atoms with Crippen molar-refractivity contribution in [2.24, 2.45) is 5.10 Å². The molecular weight excluding hydrogens is 414 g/mol. The van der Waals surface area contributed by atoms with Crippen molar-refractivity contribution in [3.8, 4) is 17.0 Å². The van der Waals surface area contributed by atoms with Crippen LogP contribution in [0.1, 0.15) is 11.3 Å². The lowest BCUT2D eigenvalue weighted by atomic mass is 10.1. The smallest absolute Gasteiger partial charge is 0.271 e. The summed E-state index contributed by atoms with van der Waals surface area (Å²) in [5.74, 6) is 0.121. The molecule has 0 spiro atoms. The molecule has 0 atom stereocenters. The van der Waals surface area contributed by atoms with E-state index in [1.165, 1.54) is 18.3 Å². The average Bonchev–Trinajstić information content (AvgIpc) is 2.65. The van der Waals surface area contributed by atoms with Gasteiger partial charge in [0.2, 0.25) is 5.95 Å². The Morgan fingerprint density at radius 2 is 1.96 bits per heavy atom. The molecule has 8 nitrogen and oxygen atoms in total. The summed E-state index contributed by atoms with van der Waals surface area (Å²) in [6.07, 6.45) is 1.26. The van der Waals surface area contributed by atoms with Gasteiger partial charge in [0, 0.05) is 29.0 Å². The van der Waals surface area contributed by atoms with E-state index in [0.29, 0.717) is 0 Å². The number of aromatic hydroxyl groups is 1. The fourth-order valence-corrected chi connectivity index (χ4v) is 2.81. The normalized spacial score (nSPS) is 10.9. The maximum Gasteiger partial charge on any atom is 0.271 e. The Bertz CT molecular complexity index is 1030. The molecule has 2 aromatic carbocycles. The minimum absolute atomic E-state index is 0.152. The highest BCUT2D eigenvalue weighted by Crippen LogP contribution is 2.31. The summed E-state index contributed by atoms with van der Waals surface area (Å²) < 4.78 is 0.205. The first-order valence-electron chi connectivity index (χ1n) is 7.81. The molecule has 0 saturated carbocycles. The van der Waals surface area contributed by atoms with E-state index < -0.39 is 4.92 Å². The van der Waals surface area contributed by atoms with E-state index in [1.54, 1.807) is 0 Å². The first-order chi connectivity index (χ1) is 12.9. The maximum absolute atomic E-state index is 10.9. The fraction of sp³-hybridized carbons (Fsp3) is 0.0556. The molecule has 0 aliphatic rings. The highest BCUT2D eigenvalue weighted by atomic mass is 79.9. The number of non-ortho nitro benzene ring substituents is 1. The minimum Gasteiger partial charge on any atom is -0.506 e. The predicted octanol–water partition coefficient (Wildman–Crippen LogP) is 4.27. The number of phenols is 1. The number of benzene rings is 2. The second-order valence-electron chi connectivity index (χ2n) is 5.58. The van der Waals surface area contributed by atoms with Crippen LogP contribution in [0.2, 0.25) is 0 Å². The van der Waals surface area contributed by atoms with Gasteiger partial charge in [-0.2, -0.15) is 5.10 Å². The summed E-state index contributed by atoms with van der Waals surface area (Å²) in [6.45, 7) is 1.84. The van der Waals surface area contributed by atoms with Crippen molar-refractivity contribution in [3.63, 3.8) is 0 Å². The number of nitro groups is 1. The van der Waals surface area contributed by atoms with Crippen molar-refractivity contribution >= 4 is 33.8 Å². The summed E-state index contributed by atoms with van der Waals surface area (Å²) in [4.78, 5) is 19.1. The summed E-state index contributed by atoms with van der Waals surface area (Å²) in [7, 11) is 0. The quantitative estimate of drug-likeness (QED) is 0.356. The molecule has 0 radical (unpaired) electrons. The third-order valence-electron chi connectivity index (χ3n) is 3.58. The first-order valence-corrected chi connectivity index (χ1v) is 8.60. The largest absolute Gasteiger partial charge is 0.506 e. The highest BCUT2D eigenvalue weighted by Gasteiger charge is 2.13. The molecule has 0 aliphatic carbocycles. The van der Waals surface area contributed by atoms with Crippen LogP contribution in [0, 0.1) is 17.0 Å². The van der Waals surface area contributed by atoms with Gasteiger partial charge >= 0.3 is 0 Å². The standard InChI is InChI=1S/C18H14BrN5O3/c1-11-7-16(12-5-3-2-4-6-12)22-18(21-11)23-20-10-13-8-14(24(26)27)9-15(19)17(13)25/h2-10,25H,1H3,(H,21,22,23)/b20-10+. The van der Waals surface area contributed by atoms with Crippen LogP contribution >= 0.6 is 15.9 Å². The minimum atomic E-state index is -0.551. The molecule has 1 aromatic heterocycles. The Balaban J connectivity index is 1.85. The second kappa shape index (κ2) is 7.92. The summed E-state index contributed by atoms with van der Waals surface area (Å²) in [5.41, 5.74) is 5.13. The van der Waals surface area contributed by atoms with Gasteiger partial charge in [0.05, 0.1) is 21.3 Å². The van der Waals surface area contributed by atoms with Crippen LogP contribution in [0.4, 0.5) is 11.6 Å². The Hall–Kier alpha value is -3.33. The Kier molecular flexibility index (Phi) is 5.41. The van der Waals surface area contributed by atoms with Gasteiger partial charge < -0.3 is 5.11 Å². The molecule has 3 aromatic rings. The zero-order valence-electron chi connectivity index (χ0n) is 14.1. The zero-order chi connectivity index (χ0) is 19.4. The number of nitrogens with zero attached hydrogens (tertiary/aromatic N) is 4. The van der Waals surface area contributed by atoms with Crippen LogP contribution in [0.5, 0.6) is 5.75 Å². The van der Waals surface area contributed by atoms with E-state index in [2.05, 4.69) is 36.4 Å². The lowest BCUT2D eigenvalue weighted by Crippen LogP contribution is -2.00. The summed E-state index contributed by atoms with van der Waals surface area (Å²) in [6, 6.07) is 13.9. The van der Waals surface area contributed by atoms with Crippen LogP contribution < -0.4 is 5.43 Å². The number of anilines is 1. The van der Waals surface area contributed by atoms with E-state index in [-0.39, 0.29) is 27.4 Å². The van der Waals surface area contributed by atoms with Crippen molar-refractivity contribution < 1.29 is 10.0 Å². The van der Waals surface area contributed by atoms with Gasteiger partial charge in [-0.15, -0.1) is 0 Å². The molecule has 1 heterocycles. The van der Waals surface area contributed by atoms with Crippen LogP contribution in [0.25, 0.3) is 11.3 Å². The van der Waals surface area contributed by atoms with Crippen molar-refractivity contribution in [1.82, 2.24) is 9.97 Å². The number of nitrogens with one attached hydrogen (secondary N) is 1. The molecule has 0 fully saturated rings. The molecule has 2 N–H and O–H groups in total. The lowest BCUT2D eigenvalue weighted by molar-refractivity contribution is -0.385. The van der Waals surface area contributed by atoms with E-state index in [1.807, 2.05) is 43.3 Å². The average molecular weight is 428 g/mol. The van der Waals surface area contributed by atoms with Crippen molar-refractivity contribution in [1.29, 1.82) is 0 Å².